The molecule has 0 aromatic heterocycles. The van der Waals surface area contributed by atoms with Crippen LogP contribution in [0.25, 0.3) is 0 Å². The van der Waals surface area contributed by atoms with Gasteiger partial charge in [0.05, 0.1) is 12.6 Å². The maximum absolute atomic E-state index is 12.3. The molecule has 0 heterocycles. The average Bonchev–Trinajstić information content (AvgIpc) is 2.28. The summed E-state index contributed by atoms with van der Waals surface area (Å²) >= 11 is 3.26. The van der Waals surface area contributed by atoms with Crippen LogP contribution in [0.4, 0.5) is 13.2 Å². The molecule has 0 saturated heterocycles. The second kappa shape index (κ2) is 6.69. The van der Waals surface area contributed by atoms with Crippen molar-refractivity contribution in [1.82, 2.24) is 4.90 Å². The molecule has 0 unspecified atom stereocenters. The van der Waals surface area contributed by atoms with Crippen molar-refractivity contribution in [1.29, 1.82) is 0 Å². The lowest BCUT2D eigenvalue weighted by Gasteiger charge is -2.29. The maximum atomic E-state index is 12.3. The third kappa shape index (κ3) is 4.76. The molecule has 0 amide bonds. The van der Waals surface area contributed by atoms with E-state index in [1.807, 2.05) is 0 Å². The van der Waals surface area contributed by atoms with E-state index >= 15 is 0 Å². The van der Waals surface area contributed by atoms with E-state index in [0.29, 0.717) is 5.56 Å². The van der Waals surface area contributed by atoms with Gasteiger partial charge in [0, 0.05) is 11.0 Å². The molecule has 0 aliphatic rings. The second-order valence-electron chi connectivity index (χ2n) is 4.25. The third-order valence-corrected chi connectivity index (χ3v) is 3.27. The Morgan fingerprint density at radius 3 is 2.47 bits per heavy atom. The Hall–Kier alpha value is -0.630. The lowest BCUT2D eigenvalue weighted by molar-refractivity contribution is -0.209. The van der Waals surface area contributed by atoms with E-state index in [2.05, 4.69) is 15.9 Å². The van der Waals surface area contributed by atoms with Gasteiger partial charge in [0.15, 0.2) is 6.10 Å². The molecule has 1 aromatic rings. The van der Waals surface area contributed by atoms with Gasteiger partial charge >= 0.3 is 6.18 Å². The molecule has 2 atom stereocenters. The van der Waals surface area contributed by atoms with Crippen molar-refractivity contribution in [2.75, 3.05) is 20.2 Å². The van der Waals surface area contributed by atoms with Gasteiger partial charge in [-0.25, -0.2) is 0 Å². The van der Waals surface area contributed by atoms with Gasteiger partial charge in [0.1, 0.15) is 0 Å². The first-order chi connectivity index (χ1) is 8.75. The quantitative estimate of drug-likeness (QED) is 0.863. The highest BCUT2D eigenvalue weighted by atomic mass is 79.9. The number of benzene rings is 1. The van der Waals surface area contributed by atoms with Crippen LogP contribution in [-0.2, 0) is 0 Å². The number of alkyl halides is 3. The van der Waals surface area contributed by atoms with Crippen LogP contribution in [0.1, 0.15) is 11.6 Å². The first-order valence-corrected chi connectivity index (χ1v) is 6.36. The number of likely N-dealkylation sites (N-methyl/N-ethyl adjacent to an activating group) is 1. The zero-order valence-electron chi connectivity index (χ0n) is 10.2. The standard InChI is InChI=1S/C12H15BrF3NO2/c1-17(6-11(19)12(14,15)16)10(7-18)8-3-2-4-9(13)5-8/h2-5,10-11,18-19H,6-7H2,1H3/t10-,11-/m0/s1. The molecule has 2 N–H and O–H groups in total. The number of rotatable bonds is 5. The van der Waals surface area contributed by atoms with Gasteiger partial charge in [-0.05, 0) is 24.7 Å². The Kier molecular flexibility index (Phi) is 5.79. The number of aliphatic hydroxyl groups excluding tert-OH is 2. The molecule has 3 nitrogen and oxygen atoms in total. The molecule has 0 fully saturated rings. The van der Waals surface area contributed by atoms with Crippen molar-refractivity contribution in [2.24, 2.45) is 0 Å². The number of aliphatic hydroxyl groups is 2. The summed E-state index contributed by atoms with van der Waals surface area (Å²) in [5.74, 6) is 0. The van der Waals surface area contributed by atoms with E-state index in [1.165, 1.54) is 11.9 Å². The number of nitrogens with zero attached hydrogens (tertiary/aromatic N) is 1. The lowest BCUT2D eigenvalue weighted by atomic mass is 10.1. The zero-order valence-corrected chi connectivity index (χ0v) is 11.8. The van der Waals surface area contributed by atoms with Gasteiger partial charge in [-0.15, -0.1) is 0 Å². The summed E-state index contributed by atoms with van der Waals surface area (Å²) in [4.78, 5) is 1.28. The minimum Gasteiger partial charge on any atom is -0.394 e. The van der Waals surface area contributed by atoms with Gasteiger partial charge in [-0.1, -0.05) is 28.1 Å². The molecule has 0 saturated carbocycles. The van der Waals surface area contributed by atoms with Crippen LogP contribution >= 0.6 is 15.9 Å². The van der Waals surface area contributed by atoms with Crippen molar-refractivity contribution in [2.45, 2.75) is 18.3 Å². The summed E-state index contributed by atoms with van der Waals surface area (Å²) in [6, 6.07) is 6.34. The summed E-state index contributed by atoms with van der Waals surface area (Å²) in [6.45, 7) is -0.932. The largest absolute Gasteiger partial charge is 0.415 e. The van der Waals surface area contributed by atoms with E-state index in [4.69, 9.17) is 5.11 Å². The summed E-state index contributed by atoms with van der Waals surface area (Å²) < 4.78 is 37.7. The summed E-state index contributed by atoms with van der Waals surface area (Å²) in [6.07, 6.45) is -7.09. The number of hydrogen-bond acceptors (Lipinski definition) is 3. The molecular weight excluding hydrogens is 327 g/mol. The normalized spacial score (nSPS) is 15.6. The van der Waals surface area contributed by atoms with E-state index in [1.54, 1.807) is 24.3 Å². The van der Waals surface area contributed by atoms with Crippen LogP contribution in [0.5, 0.6) is 0 Å². The Labute approximate surface area is 117 Å². The lowest BCUT2D eigenvalue weighted by Crippen LogP contribution is -2.41. The van der Waals surface area contributed by atoms with Crippen LogP contribution < -0.4 is 0 Å². The fourth-order valence-corrected chi connectivity index (χ4v) is 2.13. The highest BCUT2D eigenvalue weighted by Crippen LogP contribution is 2.25. The second-order valence-corrected chi connectivity index (χ2v) is 5.17. The molecule has 1 rings (SSSR count). The Morgan fingerprint density at radius 1 is 1.37 bits per heavy atom. The predicted molar refractivity (Wildman–Crippen MR) is 68.7 cm³/mol. The fourth-order valence-electron chi connectivity index (χ4n) is 1.72. The monoisotopic (exact) mass is 341 g/mol. The molecule has 1 aromatic carbocycles. The van der Waals surface area contributed by atoms with E-state index in [-0.39, 0.29) is 6.61 Å². The van der Waals surface area contributed by atoms with Crippen molar-refractivity contribution >= 4 is 15.9 Å². The predicted octanol–water partition coefficient (Wildman–Crippen LogP) is 2.34. The molecule has 0 spiro atoms. The zero-order chi connectivity index (χ0) is 14.6. The SMILES string of the molecule is CN(C[C@H](O)C(F)(F)F)[C@@H](CO)c1cccc(Br)c1. The maximum Gasteiger partial charge on any atom is 0.415 e. The van der Waals surface area contributed by atoms with Crippen LogP contribution in [0.15, 0.2) is 28.7 Å². The smallest absolute Gasteiger partial charge is 0.394 e. The highest BCUT2D eigenvalue weighted by Gasteiger charge is 2.39. The number of halogens is 4. The Morgan fingerprint density at radius 2 is 2.00 bits per heavy atom. The highest BCUT2D eigenvalue weighted by molar-refractivity contribution is 9.10. The molecular formula is C12H15BrF3NO2. The van der Waals surface area contributed by atoms with E-state index < -0.39 is 24.9 Å². The van der Waals surface area contributed by atoms with Crippen molar-refractivity contribution in [3.63, 3.8) is 0 Å². The molecule has 19 heavy (non-hydrogen) atoms. The number of hydrogen-bond donors (Lipinski definition) is 2. The minimum atomic E-state index is -4.66. The first kappa shape index (κ1) is 16.4. The minimum absolute atomic E-state index is 0.336. The van der Waals surface area contributed by atoms with Gasteiger partial charge < -0.3 is 10.2 Å². The summed E-state index contributed by atoms with van der Waals surface area (Å²) in [5.41, 5.74) is 0.675. The van der Waals surface area contributed by atoms with Crippen LogP contribution in [-0.4, -0.2) is 47.6 Å². The van der Waals surface area contributed by atoms with Gasteiger partial charge in [-0.3, -0.25) is 4.90 Å². The summed E-state index contributed by atoms with van der Waals surface area (Å²) in [5, 5.41) is 18.4. The van der Waals surface area contributed by atoms with Gasteiger partial charge in [0.25, 0.3) is 0 Å². The van der Waals surface area contributed by atoms with Crippen molar-refractivity contribution in [3.8, 4) is 0 Å². The fraction of sp³-hybridized carbons (Fsp3) is 0.500. The van der Waals surface area contributed by atoms with Crippen LogP contribution in [0.3, 0.4) is 0 Å². The molecule has 0 aliphatic heterocycles. The molecule has 0 radical (unpaired) electrons. The van der Waals surface area contributed by atoms with E-state index in [9.17, 15) is 18.3 Å². The Bertz CT molecular complexity index is 414. The van der Waals surface area contributed by atoms with Crippen molar-refractivity contribution < 1.29 is 23.4 Å². The van der Waals surface area contributed by atoms with E-state index in [0.717, 1.165) is 4.47 Å². The van der Waals surface area contributed by atoms with Crippen molar-refractivity contribution in [3.05, 3.63) is 34.3 Å². The first-order valence-electron chi connectivity index (χ1n) is 5.57. The van der Waals surface area contributed by atoms with Gasteiger partial charge in [0.2, 0.25) is 0 Å². The van der Waals surface area contributed by atoms with Crippen LogP contribution in [0, 0.1) is 0 Å². The molecule has 0 bridgehead atoms. The molecule has 0 aliphatic carbocycles. The van der Waals surface area contributed by atoms with Gasteiger partial charge in [-0.2, -0.15) is 13.2 Å². The average molecular weight is 342 g/mol. The molecule has 7 heteroatoms. The van der Waals surface area contributed by atoms with Crippen LogP contribution in [0.2, 0.25) is 0 Å². The third-order valence-electron chi connectivity index (χ3n) is 2.78. The topological polar surface area (TPSA) is 43.7 Å². The Balaban J connectivity index is 2.80. The molecule has 108 valence electrons. The summed E-state index contributed by atoms with van der Waals surface area (Å²) in [7, 11) is 1.43.